The molecule has 1 aromatic carbocycles. The van der Waals surface area contributed by atoms with Crippen LogP contribution in [0.5, 0.6) is 11.5 Å². The van der Waals surface area contributed by atoms with Crippen LogP contribution in [0, 0.1) is 11.8 Å². The van der Waals surface area contributed by atoms with Crippen molar-refractivity contribution in [3.63, 3.8) is 0 Å². The summed E-state index contributed by atoms with van der Waals surface area (Å²) in [6, 6.07) is 5.60. The first kappa shape index (κ1) is 14.2. The summed E-state index contributed by atoms with van der Waals surface area (Å²) >= 11 is 0. The smallest absolute Gasteiger partial charge is 0.227 e. The van der Waals surface area contributed by atoms with Gasteiger partial charge in [0.25, 0.3) is 0 Å². The van der Waals surface area contributed by atoms with E-state index in [2.05, 4.69) is 12.2 Å². The summed E-state index contributed by atoms with van der Waals surface area (Å²) in [7, 11) is 1.64. The van der Waals surface area contributed by atoms with Gasteiger partial charge in [0.15, 0.2) is 11.5 Å². The zero-order valence-electron chi connectivity index (χ0n) is 12.7. The van der Waals surface area contributed by atoms with Crippen LogP contribution < -0.4 is 14.8 Å². The van der Waals surface area contributed by atoms with Crippen LogP contribution in [-0.2, 0) is 4.79 Å². The van der Waals surface area contributed by atoms with Gasteiger partial charge in [-0.25, -0.2) is 0 Å². The van der Waals surface area contributed by atoms with E-state index >= 15 is 0 Å². The van der Waals surface area contributed by atoms with E-state index in [4.69, 9.17) is 9.47 Å². The number of nitrogens with one attached hydrogen (secondary N) is 1. The highest BCUT2D eigenvalue weighted by Crippen LogP contribution is 2.39. The predicted molar refractivity (Wildman–Crippen MR) is 81.8 cm³/mol. The Morgan fingerprint density at radius 1 is 1.24 bits per heavy atom. The maximum Gasteiger partial charge on any atom is 0.227 e. The van der Waals surface area contributed by atoms with E-state index in [1.54, 1.807) is 7.11 Å². The van der Waals surface area contributed by atoms with E-state index in [9.17, 15) is 4.79 Å². The summed E-state index contributed by atoms with van der Waals surface area (Å²) in [5, 5.41) is 2.98. The fraction of sp³-hybridized carbons (Fsp3) is 0.588. The van der Waals surface area contributed by atoms with Crippen molar-refractivity contribution in [1.82, 2.24) is 0 Å². The predicted octanol–water partition coefficient (Wildman–Crippen LogP) is 3.61. The molecule has 0 heterocycles. The molecule has 4 heteroatoms. The van der Waals surface area contributed by atoms with Gasteiger partial charge in [0.1, 0.15) is 0 Å². The summed E-state index contributed by atoms with van der Waals surface area (Å²) in [5.41, 5.74) is 0.785. The fourth-order valence-electron chi connectivity index (χ4n) is 2.95. The lowest BCUT2D eigenvalue weighted by atomic mass is 10.2. The molecule has 0 radical (unpaired) electrons. The topological polar surface area (TPSA) is 47.6 Å². The molecule has 2 aliphatic carbocycles. The summed E-state index contributed by atoms with van der Waals surface area (Å²) in [4.78, 5) is 12.0. The van der Waals surface area contributed by atoms with Crippen LogP contribution in [0.25, 0.3) is 0 Å². The summed E-state index contributed by atoms with van der Waals surface area (Å²) in [5.74, 6) is 2.24. The molecule has 0 spiro atoms. The number of carbonyl (C=O) groups is 1. The molecule has 0 aromatic heterocycles. The van der Waals surface area contributed by atoms with Crippen molar-refractivity contribution >= 4 is 11.6 Å². The first-order valence-electron chi connectivity index (χ1n) is 7.83. The first-order valence-corrected chi connectivity index (χ1v) is 7.83. The standard InChI is InChI=1S/C17H23NO3/c1-11-9-14(11)17(19)18-12-7-8-15(20-2)16(10-12)21-13-5-3-4-6-13/h7-8,10-11,13-14H,3-6,9H2,1-2H3,(H,18,19). The molecule has 0 aliphatic heterocycles. The number of amides is 1. The fourth-order valence-corrected chi connectivity index (χ4v) is 2.95. The lowest BCUT2D eigenvalue weighted by Gasteiger charge is -2.17. The Morgan fingerprint density at radius 3 is 2.57 bits per heavy atom. The lowest BCUT2D eigenvalue weighted by molar-refractivity contribution is -0.117. The van der Waals surface area contributed by atoms with Crippen LogP contribution in [0.2, 0.25) is 0 Å². The van der Waals surface area contributed by atoms with E-state index in [0.29, 0.717) is 5.92 Å². The second-order valence-corrected chi connectivity index (χ2v) is 6.20. The third-order valence-corrected chi connectivity index (χ3v) is 4.47. The number of anilines is 1. The molecule has 2 fully saturated rings. The van der Waals surface area contributed by atoms with Gasteiger partial charge in [-0.1, -0.05) is 6.92 Å². The van der Waals surface area contributed by atoms with Crippen LogP contribution in [0.4, 0.5) is 5.69 Å². The molecule has 2 aliphatic rings. The minimum absolute atomic E-state index is 0.111. The molecule has 21 heavy (non-hydrogen) atoms. The van der Waals surface area contributed by atoms with Crippen molar-refractivity contribution < 1.29 is 14.3 Å². The molecule has 2 saturated carbocycles. The van der Waals surface area contributed by atoms with Crippen LogP contribution in [0.15, 0.2) is 18.2 Å². The molecule has 1 N–H and O–H groups in total. The van der Waals surface area contributed by atoms with Gasteiger partial charge in [-0.05, 0) is 50.2 Å². The molecule has 2 atom stereocenters. The van der Waals surface area contributed by atoms with E-state index in [-0.39, 0.29) is 17.9 Å². The van der Waals surface area contributed by atoms with Crippen LogP contribution in [-0.4, -0.2) is 19.1 Å². The second-order valence-electron chi connectivity index (χ2n) is 6.20. The van der Waals surface area contributed by atoms with Crippen LogP contribution in [0.1, 0.15) is 39.0 Å². The zero-order chi connectivity index (χ0) is 14.8. The zero-order valence-corrected chi connectivity index (χ0v) is 12.7. The maximum atomic E-state index is 12.0. The van der Waals surface area contributed by atoms with Gasteiger partial charge in [0.05, 0.1) is 13.2 Å². The van der Waals surface area contributed by atoms with Crippen LogP contribution in [0.3, 0.4) is 0 Å². The van der Waals surface area contributed by atoms with Gasteiger partial charge in [0, 0.05) is 17.7 Å². The Balaban J connectivity index is 1.70. The quantitative estimate of drug-likeness (QED) is 0.900. The molecule has 0 saturated heterocycles. The Labute approximate surface area is 125 Å². The monoisotopic (exact) mass is 289 g/mol. The second kappa shape index (κ2) is 5.96. The highest BCUT2D eigenvalue weighted by molar-refractivity contribution is 5.94. The van der Waals surface area contributed by atoms with Crippen molar-refractivity contribution in [2.45, 2.75) is 45.1 Å². The lowest BCUT2D eigenvalue weighted by Crippen LogP contribution is -2.15. The van der Waals surface area contributed by atoms with E-state index < -0.39 is 0 Å². The van der Waals surface area contributed by atoms with Crippen LogP contribution >= 0.6 is 0 Å². The van der Waals surface area contributed by atoms with Crippen molar-refractivity contribution in [2.24, 2.45) is 11.8 Å². The van der Waals surface area contributed by atoms with Gasteiger partial charge in [0.2, 0.25) is 5.91 Å². The molecule has 0 bridgehead atoms. The highest BCUT2D eigenvalue weighted by Gasteiger charge is 2.39. The molecular weight excluding hydrogens is 266 g/mol. The molecule has 1 aromatic rings. The normalized spacial score (nSPS) is 24.7. The number of benzene rings is 1. The summed E-state index contributed by atoms with van der Waals surface area (Å²) in [6.07, 6.45) is 5.91. The molecule has 2 unspecified atom stereocenters. The molecule has 1 amide bonds. The number of hydrogen-bond donors (Lipinski definition) is 1. The van der Waals surface area contributed by atoms with Crippen molar-refractivity contribution in [3.8, 4) is 11.5 Å². The van der Waals surface area contributed by atoms with Crippen molar-refractivity contribution in [1.29, 1.82) is 0 Å². The summed E-state index contributed by atoms with van der Waals surface area (Å²) < 4.78 is 11.4. The number of methoxy groups -OCH3 is 1. The Hall–Kier alpha value is -1.71. The SMILES string of the molecule is COc1ccc(NC(=O)C2CC2C)cc1OC1CCCC1. The van der Waals surface area contributed by atoms with Crippen molar-refractivity contribution in [3.05, 3.63) is 18.2 Å². The summed E-state index contributed by atoms with van der Waals surface area (Å²) in [6.45, 7) is 2.10. The Morgan fingerprint density at radius 2 is 1.95 bits per heavy atom. The number of hydrogen-bond acceptors (Lipinski definition) is 3. The van der Waals surface area contributed by atoms with E-state index in [0.717, 1.165) is 36.4 Å². The number of carbonyl (C=O) groups excluding carboxylic acids is 1. The molecule has 114 valence electrons. The maximum absolute atomic E-state index is 12.0. The van der Waals surface area contributed by atoms with Gasteiger partial charge < -0.3 is 14.8 Å². The van der Waals surface area contributed by atoms with Crippen molar-refractivity contribution in [2.75, 3.05) is 12.4 Å². The van der Waals surface area contributed by atoms with Gasteiger partial charge in [-0.2, -0.15) is 0 Å². The average Bonchev–Trinajstić information content (AvgIpc) is 2.98. The van der Waals surface area contributed by atoms with E-state index in [1.165, 1.54) is 12.8 Å². The molecular formula is C17H23NO3. The average molecular weight is 289 g/mol. The largest absolute Gasteiger partial charge is 0.493 e. The van der Waals surface area contributed by atoms with Gasteiger partial charge in [-0.15, -0.1) is 0 Å². The first-order chi connectivity index (χ1) is 10.2. The number of ether oxygens (including phenoxy) is 2. The third-order valence-electron chi connectivity index (χ3n) is 4.47. The minimum atomic E-state index is 0.111. The van der Waals surface area contributed by atoms with Gasteiger partial charge in [-0.3, -0.25) is 4.79 Å². The minimum Gasteiger partial charge on any atom is -0.493 e. The Kier molecular flexibility index (Phi) is 4.04. The molecule has 4 nitrogen and oxygen atoms in total. The third kappa shape index (κ3) is 3.31. The van der Waals surface area contributed by atoms with Gasteiger partial charge >= 0.3 is 0 Å². The highest BCUT2D eigenvalue weighted by atomic mass is 16.5. The number of rotatable bonds is 5. The van der Waals surface area contributed by atoms with E-state index in [1.807, 2.05) is 18.2 Å². The Bertz CT molecular complexity index is 523. The molecule has 3 rings (SSSR count).